The minimum absolute atomic E-state index is 0.0604. The first kappa shape index (κ1) is 25.9. The minimum atomic E-state index is -3.97. The number of carbonyl (C=O) groups excluding carboxylic acids is 1. The van der Waals surface area contributed by atoms with E-state index >= 15 is 0 Å². The molecule has 35 heavy (non-hydrogen) atoms. The number of hydrogen-bond acceptors (Lipinski definition) is 3. The third kappa shape index (κ3) is 5.33. The first-order chi connectivity index (χ1) is 16.5. The van der Waals surface area contributed by atoms with Crippen LogP contribution in [0.3, 0.4) is 0 Å². The molecule has 1 amide bonds. The van der Waals surface area contributed by atoms with E-state index in [9.17, 15) is 13.2 Å². The molecule has 0 N–H and O–H groups in total. The van der Waals surface area contributed by atoms with E-state index in [1.807, 2.05) is 44.2 Å². The molecular formula is C27H28BrClN2O3S. The number of carbonyl (C=O) groups is 1. The predicted molar refractivity (Wildman–Crippen MR) is 144 cm³/mol. The molecule has 0 aliphatic carbocycles. The molecule has 0 spiro atoms. The number of fused-ring (bicyclic) bond motifs is 1. The van der Waals surface area contributed by atoms with E-state index in [-0.39, 0.29) is 29.9 Å². The highest BCUT2D eigenvalue weighted by Crippen LogP contribution is 2.35. The summed E-state index contributed by atoms with van der Waals surface area (Å²) in [6, 6.07) is 16.5. The average molecular weight is 576 g/mol. The fourth-order valence-electron chi connectivity index (χ4n) is 4.93. The summed E-state index contributed by atoms with van der Waals surface area (Å²) >= 11 is 9.53. The van der Waals surface area contributed by atoms with Gasteiger partial charge in [-0.05, 0) is 86.7 Å². The molecule has 1 aliphatic heterocycles. The van der Waals surface area contributed by atoms with Crippen LogP contribution in [-0.4, -0.2) is 31.2 Å². The van der Waals surface area contributed by atoms with Gasteiger partial charge >= 0.3 is 0 Å². The van der Waals surface area contributed by atoms with Crippen molar-refractivity contribution < 1.29 is 13.2 Å². The second-order valence-corrected chi connectivity index (χ2v) is 12.4. The van der Waals surface area contributed by atoms with E-state index in [4.69, 9.17) is 11.6 Å². The van der Waals surface area contributed by atoms with Crippen molar-refractivity contribution in [2.75, 3.05) is 11.4 Å². The third-order valence-electron chi connectivity index (χ3n) is 6.31. The normalized spacial score (nSPS) is 15.5. The van der Waals surface area contributed by atoms with Crippen molar-refractivity contribution in [1.29, 1.82) is 0 Å². The standard InChI is InChI=1S/C27H28BrClN2O3S/c1-17-11-18(2)27(19(3)12-17)35(33,34)30(15-21-5-8-24(29)9-6-21)16-26(32)31-20(4)13-22-14-23(28)7-10-25(22)31/h5-12,14,20H,13,15-16H2,1-4H3. The van der Waals surface area contributed by atoms with Crippen LogP contribution < -0.4 is 4.90 Å². The van der Waals surface area contributed by atoms with Gasteiger partial charge in [0.1, 0.15) is 0 Å². The average Bonchev–Trinajstić information content (AvgIpc) is 3.08. The SMILES string of the molecule is Cc1cc(C)c(S(=O)(=O)N(CC(=O)N2c3ccc(Br)cc3CC2C)Cc2ccc(Cl)cc2)c(C)c1. The van der Waals surface area contributed by atoms with Gasteiger partial charge in [0.15, 0.2) is 0 Å². The van der Waals surface area contributed by atoms with Crippen molar-refractivity contribution in [3.8, 4) is 0 Å². The number of benzene rings is 3. The molecule has 3 aromatic rings. The van der Waals surface area contributed by atoms with E-state index < -0.39 is 10.0 Å². The van der Waals surface area contributed by atoms with Crippen LogP contribution in [0.4, 0.5) is 5.69 Å². The van der Waals surface area contributed by atoms with Gasteiger partial charge in [-0.2, -0.15) is 4.31 Å². The van der Waals surface area contributed by atoms with Crippen LogP contribution in [0.25, 0.3) is 0 Å². The summed E-state index contributed by atoms with van der Waals surface area (Å²) in [5, 5.41) is 0.568. The lowest BCUT2D eigenvalue weighted by Crippen LogP contribution is -2.45. The Kier molecular flexibility index (Phi) is 7.44. The van der Waals surface area contributed by atoms with Gasteiger partial charge in [0, 0.05) is 27.8 Å². The first-order valence-corrected chi connectivity index (χ1v) is 14.0. The number of amides is 1. The Balaban J connectivity index is 1.73. The minimum Gasteiger partial charge on any atom is -0.308 e. The number of nitrogens with zero attached hydrogens (tertiary/aromatic N) is 2. The molecule has 1 unspecified atom stereocenters. The molecule has 0 bridgehead atoms. The summed E-state index contributed by atoms with van der Waals surface area (Å²) < 4.78 is 30.2. The number of rotatable bonds is 6. The number of anilines is 1. The Morgan fingerprint density at radius 3 is 2.31 bits per heavy atom. The maximum Gasteiger partial charge on any atom is 0.244 e. The molecule has 1 aliphatic rings. The van der Waals surface area contributed by atoms with Gasteiger partial charge in [0.05, 0.1) is 11.4 Å². The maximum atomic E-state index is 14.0. The van der Waals surface area contributed by atoms with Crippen LogP contribution in [0.2, 0.25) is 5.02 Å². The largest absolute Gasteiger partial charge is 0.308 e. The Morgan fingerprint density at radius 2 is 1.69 bits per heavy atom. The molecule has 8 heteroatoms. The van der Waals surface area contributed by atoms with Gasteiger partial charge in [0.2, 0.25) is 15.9 Å². The Labute approximate surface area is 220 Å². The van der Waals surface area contributed by atoms with Gasteiger partial charge in [-0.3, -0.25) is 4.79 Å². The Hall–Kier alpha value is -2.19. The summed E-state index contributed by atoms with van der Waals surface area (Å²) in [5.41, 5.74) is 4.98. The molecule has 0 saturated heterocycles. The first-order valence-electron chi connectivity index (χ1n) is 11.4. The monoisotopic (exact) mass is 574 g/mol. The molecule has 4 rings (SSSR count). The molecule has 184 valence electrons. The van der Waals surface area contributed by atoms with Crippen molar-refractivity contribution >= 4 is 49.1 Å². The van der Waals surface area contributed by atoms with Crippen LogP contribution in [0.15, 0.2) is 64.0 Å². The molecule has 5 nitrogen and oxygen atoms in total. The quantitative estimate of drug-likeness (QED) is 0.352. The summed E-state index contributed by atoms with van der Waals surface area (Å²) in [5.74, 6) is -0.251. The lowest BCUT2D eigenvalue weighted by atomic mass is 10.1. The highest BCUT2D eigenvalue weighted by atomic mass is 79.9. The zero-order valence-corrected chi connectivity index (χ0v) is 23.3. The topological polar surface area (TPSA) is 57.7 Å². The van der Waals surface area contributed by atoms with Gasteiger partial charge in [-0.15, -0.1) is 0 Å². The van der Waals surface area contributed by atoms with E-state index in [2.05, 4.69) is 15.9 Å². The second-order valence-electron chi connectivity index (χ2n) is 9.22. The molecule has 3 aromatic carbocycles. The zero-order valence-electron chi connectivity index (χ0n) is 20.2. The van der Waals surface area contributed by atoms with Crippen LogP contribution in [0.5, 0.6) is 0 Å². The fourth-order valence-corrected chi connectivity index (χ4v) is 7.25. The van der Waals surface area contributed by atoms with Gasteiger partial charge < -0.3 is 4.90 Å². The lowest BCUT2D eigenvalue weighted by molar-refractivity contribution is -0.119. The van der Waals surface area contributed by atoms with Gasteiger partial charge in [-0.1, -0.05) is 57.4 Å². The summed E-state index contributed by atoms with van der Waals surface area (Å²) in [7, 11) is -3.97. The van der Waals surface area contributed by atoms with E-state index in [1.54, 1.807) is 43.0 Å². The molecular weight excluding hydrogens is 548 g/mol. The molecule has 0 radical (unpaired) electrons. The Bertz CT molecular complexity index is 1370. The highest BCUT2D eigenvalue weighted by molar-refractivity contribution is 9.10. The molecule has 0 saturated carbocycles. The second kappa shape index (κ2) is 10.1. The van der Waals surface area contributed by atoms with Gasteiger partial charge in [0.25, 0.3) is 0 Å². The third-order valence-corrected chi connectivity index (χ3v) is 9.16. The van der Waals surface area contributed by atoms with Crippen molar-refractivity contribution in [3.63, 3.8) is 0 Å². The van der Waals surface area contributed by atoms with Gasteiger partial charge in [-0.25, -0.2) is 8.42 Å². The van der Waals surface area contributed by atoms with E-state index in [1.165, 1.54) is 4.31 Å². The van der Waals surface area contributed by atoms with E-state index in [0.29, 0.717) is 16.1 Å². The van der Waals surface area contributed by atoms with Crippen molar-refractivity contribution in [2.24, 2.45) is 0 Å². The van der Waals surface area contributed by atoms with Crippen molar-refractivity contribution in [1.82, 2.24) is 4.31 Å². The summed E-state index contributed by atoms with van der Waals surface area (Å²) in [4.78, 5) is 15.6. The lowest BCUT2D eigenvalue weighted by Gasteiger charge is -2.28. The molecule has 1 atom stereocenters. The van der Waals surface area contributed by atoms with Crippen LogP contribution in [0.1, 0.15) is 34.7 Å². The van der Waals surface area contributed by atoms with E-state index in [0.717, 1.165) is 33.3 Å². The maximum absolute atomic E-state index is 14.0. The zero-order chi connectivity index (χ0) is 25.5. The van der Waals surface area contributed by atoms with Crippen LogP contribution in [0, 0.1) is 20.8 Å². The molecule has 1 heterocycles. The number of sulfonamides is 1. The molecule has 0 aromatic heterocycles. The van der Waals surface area contributed by atoms with Crippen molar-refractivity contribution in [3.05, 3.63) is 91.9 Å². The van der Waals surface area contributed by atoms with Crippen LogP contribution >= 0.6 is 27.5 Å². The predicted octanol–water partition coefficient (Wildman–Crippen LogP) is 6.20. The highest BCUT2D eigenvalue weighted by Gasteiger charge is 2.35. The fraction of sp³-hybridized carbons (Fsp3) is 0.296. The number of hydrogen-bond donors (Lipinski definition) is 0. The smallest absolute Gasteiger partial charge is 0.244 e. The molecule has 0 fully saturated rings. The van der Waals surface area contributed by atoms with Crippen LogP contribution in [-0.2, 0) is 27.8 Å². The number of halogens is 2. The van der Waals surface area contributed by atoms with Crippen molar-refractivity contribution in [2.45, 2.75) is 51.6 Å². The summed E-state index contributed by atoms with van der Waals surface area (Å²) in [6.45, 7) is 7.32. The Morgan fingerprint density at radius 1 is 1.06 bits per heavy atom. The summed E-state index contributed by atoms with van der Waals surface area (Å²) in [6.07, 6.45) is 0.723. The number of aryl methyl sites for hydroxylation is 3.